The molecule has 1 heterocycles. The molecule has 0 amide bonds. The maximum Gasteiger partial charge on any atom is 0.185 e. The van der Waals surface area contributed by atoms with Gasteiger partial charge in [0.05, 0.1) is 5.01 Å². The molecule has 0 N–H and O–H groups in total. The number of Topliss-reactive ketones (excluding diaryl/α,β-unsaturated/α-hetero) is 1. The van der Waals surface area contributed by atoms with Crippen LogP contribution in [0.5, 0.6) is 0 Å². The van der Waals surface area contributed by atoms with E-state index < -0.39 is 0 Å². The van der Waals surface area contributed by atoms with E-state index in [0.717, 1.165) is 17.8 Å². The normalized spacial score (nSPS) is 26.7. The van der Waals surface area contributed by atoms with E-state index in [1.54, 1.807) is 11.3 Å². The summed E-state index contributed by atoms with van der Waals surface area (Å²) in [6, 6.07) is 0. The van der Waals surface area contributed by atoms with Crippen molar-refractivity contribution in [2.75, 3.05) is 0 Å². The van der Waals surface area contributed by atoms with E-state index in [4.69, 9.17) is 0 Å². The monoisotopic (exact) mass is 209 g/mol. The fourth-order valence-electron chi connectivity index (χ4n) is 2.13. The van der Waals surface area contributed by atoms with Crippen LogP contribution in [0.2, 0.25) is 0 Å². The second-order valence-corrected chi connectivity index (χ2v) is 5.29. The van der Waals surface area contributed by atoms with Crippen LogP contribution in [0.25, 0.3) is 0 Å². The summed E-state index contributed by atoms with van der Waals surface area (Å²) in [6.07, 6.45) is 3.30. The summed E-state index contributed by atoms with van der Waals surface area (Å²) in [4.78, 5) is 16.2. The molecule has 76 valence electrons. The lowest BCUT2D eigenvalue weighted by molar-refractivity contribution is 0.0916. The van der Waals surface area contributed by atoms with Crippen molar-refractivity contribution in [1.29, 1.82) is 0 Å². The highest BCUT2D eigenvalue weighted by atomic mass is 32.1. The van der Waals surface area contributed by atoms with Gasteiger partial charge in [0.1, 0.15) is 5.69 Å². The van der Waals surface area contributed by atoms with Gasteiger partial charge in [-0.25, -0.2) is 4.98 Å². The van der Waals surface area contributed by atoms with Crippen LogP contribution in [0.15, 0.2) is 5.38 Å². The third-order valence-corrected chi connectivity index (χ3v) is 3.71. The third-order valence-electron chi connectivity index (χ3n) is 2.94. The van der Waals surface area contributed by atoms with E-state index in [-0.39, 0.29) is 11.7 Å². The van der Waals surface area contributed by atoms with Gasteiger partial charge in [0.2, 0.25) is 0 Å². The lowest BCUT2D eigenvalue weighted by atomic mass is 9.99. The van der Waals surface area contributed by atoms with Crippen molar-refractivity contribution in [3.05, 3.63) is 16.1 Å². The average Bonchev–Trinajstić information content (AvgIpc) is 2.73. The highest BCUT2D eigenvalue weighted by molar-refractivity contribution is 7.09. The molecule has 0 spiro atoms. The lowest BCUT2D eigenvalue weighted by Crippen LogP contribution is -2.11. The van der Waals surface area contributed by atoms with Crippen LogP contribution in [0.1, 0.15) is 41.7 Å². The number of aromatic nitrogens is 1. The topological polar surface area (TPSA) is 30.0 Å². The molecule has 1 aromatic rings. The molecule has 2 unspecified atom stereocenters. The second-order valence-electron chi connectivity index (χ2n) is 4.23. The predicted octanol–water partition coefficient (Wildman–Crippen LogP) is 3.07. The molecule has 0 aliphatic heterocycles. The summed E-state index contributed by atoms with van der Waals surface area (Å²) < 4.78 is 0. The second kappa shape index (κ2) is 3.81. The fourth-order valence-corrected chi connectivity index (χ4v) is 2.73. The molecule has 2 rings (SSSR count). The minimum Gasteiger partial charge on any atom is -0.292 e. The summed E-state index contributed by atoms with van der Waals surface area (Å²) in [5.74, 6) is 1.22. The molecular formula is C11H15NOS. The van der Waals surface area contributed by atoms with E-state index in [1.165, 1.54) is 6.42 Å². The molecule has 2 nitrogen and oxygen atoms in total. The maximum absolute atomic E-state index is 12.0. The average molecular weight is 209 g/mol. The van der Waals surface area contributed by atoms with Gasteiger partial charge in [-0.15, -0.1) is 11.3 Å². The Labute approximate surface area is 88.4 Å². The fraction of sp³-hybridized carbons (Fsp3) is 0.636. The van der Waals surface area contributed by atoms with Crippen LogP contribution in [0.4, 0.5) is 0 Å². The van der Waals surface area contributed by atoms with Gasteiger partial charge >= 0.3 is 0 Å². The summed E-state index contributed by atoms with van der Waals surface area (Å²) in [5.41, 5.74) is 0.687. The molecule has 1 aliphatic carbocycles. The van der Waals surface area contributed by atoms with E-state index in [9.17, 15) is 4.79 Å². The molecule has 2 atom stereocenters. The van der Waals surface area contributed by atoms with Crippen molar-refractivity contribution in [2.24, 2.45) is 11.8 Å². The first-order chi connectivity index (χ1) is 6.66. The molecule has 0 saturated heterocycles. The number of thiazole rings is 1. The number of nitrogens with zero attached hydrogens (tertiary/aromatic N) is 1. The van der Waals surface area contributed by atoms with Crippen LogP contribution in [-0.4, -0.2) is 10.8 Å². The quantitative estimate of drug-likeness (QED) is 0.701. The molecule has 1 aliphatic rings. The minimum atomic E-state index is 0.242. The first kappa shape index (κ1) is 9.84. The van der Waals surface area contributed by atoms with Crippen LogP contribution in [0, 0.1) is 18.8 Å². The molecular weight excluding hydrogens is 194 g/mol. The number of rotatable bonds is 2. The molecule has 0 bridgehead atoms. The first-order valence-corrected chi connectivity index (χ1v) is 6.01. The van der Waals surface area contributed by atoms with Crippen molar-refractivity contribution < 1.29 is 4.79 Å². The Morgan fingerprint density at radius 3 is 2.86 bits per heavy atom. The molecule has 1 aromatic heterocycles. The van der Waals surface area contributed by atoms with Gasteiger partial charge in [0.15, 0.2) is 5.78 Å². The number of carbonyl (C=O) groups is 1. The van der Waals surface area contributed by atoms with Crippen LogP contribution >= 0.6 is 11.3 Å². The maximum atomic E-state index is 12.0. The number of hydrogen-bond donors (Lipinski definition) is 0. The Morgan fingerprint density at radius 1 is 1.57 bits per heavy atom. The minimum absolute atomic E-state index is 0.242. The zero-order valence-corrected chi connectivity index (χ0v) is 9.43. The summed E-state index contributed by atoms with van der Waals surface area (Å²) in [5, 5.41) is 2.88. The van der Waals surface area contributed by atoms with Crippen LogP contribution < -0.4 is 0 Å². The van der Waals surface area contributed by atoms with Crippen molar-refractivity contribution in [3.63, 3.8) is 0 Å². The van der Waals surface area contributed by atoms with Gasteiger partial charge < -0.3 is 0 Å². The molecule has 14 heavy (non-hydrogen) atoms. The van der Waals surface area contributed by atoms with Gasteiger partial charge in [-0.2, -0.15) is 0 Å². The van der Waals surface area contributed by atoms with Crippen LogP contribution in [0.3, 0.4) is 0 Å². The smallest absolute Gasteiger partial charge is 0.185 e. The third kappa shape index (κ3) is 1.87. The van der Waals surface area contributed by atoms with Crippen molar-refractivity contribution in [3.8, 4) is 0 Å². The van der Waals surface area contributed by atoms with Crippen molar-refractivity contribution >= 4 is 17.1 Å². The van der Waals surface area contributed by atoms with Gasteiger partial charge in [-0.3, -0.25) is 4.79 Å². The van der Waals surface area contributed by atoms with E-state index >= 15 is 0 Å². The first-order valence-electron chi connectivity index (χ1n) is 5.13. The SMILES string of the molecule is Cc1nc(C(=O)C2CCC(C)C2)cs1. The molecule has 0 radical (unpaired) electrons. The molecule has 1 saturated carbocycles. The Morgan fingerprint density at radius 2 is 2.36 bits per heavy atom. The van der Waals surface area contributed by atoms with Gasteiger partial charge in [-0.05, 0) is 32.1 Å². The molecule has 0 aromatic carbocycles. The molecule has 3 heteroatoms. The number of aryl methyl sites for hydroxylation is 1. The van der Waals surface area contributed by atoms with Gasteiger partial charge in [0, 0.05) is 11.3 Å². The van der Waals surface area contributed by atoms with E-state index in [0.29, 0.717) is 11.6 Å². The van der Waals surface area contributed by atoms with Crippen molar-refractivity contribution in [2.45, 2.75) is 33.1 Å². The Bertz CT molecular complexity index is 345. The largest absolute Gasteiger partial charge is 0.292 e. The highest BCUT2D eigenvalue weighted by Crippen LogP contribution is 2.32. The lowest BCUT2D eigenvalue weighted by Gasteiger charge is -2.05. The summed E-state index contributed by atoms with van der Waals surface area (Å²) in [6.45, 7) is 4.16. The van der Waals surface area contributed by atoms with Gasteiger partial charge in [0.25, 0.3) is 0 Å². The number of carbonyl (C=O) groups excluding carboxylic acids is 1. The number of hydrogen-bond acceptors (Lipinski definition) is 3. The molecule has 1 fully saturated rings. The number of ketones is 1. The predicted molar refractivity (Wildman–Crippen MR) is 57.7 cm³/mol. The zero-order valence-electron chi connectivity index (χ0n) is 8.62. The van der Waals surface area contributed by atoms with E-state index in [1.807, 2.05) is 12.3 Å². The highest BCUT2D eigenvalue weighted by Gasteiger charge is 2.29. The standard InChI is InChI=1S/C11H15NOS/c1-7-3-4-9(5-7)11(13)10-6-14-8(2)12-10/h6-7,9H,3-5H2,1-2H3. The Hall–Kier alpha value is -0.700. The van der Waals surface area contributed by atoms with Crippen LogP contribution in [-0.2, 0) is 0 Å². The van der Waals surface area contributed by atoms with E-state index in [2.05, 4.69) is 11.9 Å². The zero-order chi connectivity index (χ0) is 10.1. The van der Waals surface area contributed by atoms with Gasteiger partial charge in [-0.1, -0.05) is 6.92 Å². The summed E-state index contributed by atoms with van der Waals surface area (Å²) in [7, 11) is 0. The Kier molecular flexibility index (Phi) is 2.68. The summed E-state index contributed by atoms with van der Waals surface area (Å²) >= 11 is 1.56. The van der Waals surface area contributed by atoms with Crippen molar-refractivity contribution in [1.82, 2.24) is 4.98 Å². The Balaban J connectivity index is 2.09.